The van der Waals surface area contributed by atoms with Crippen molar-refractivity contribution >= 4 is 0 Å². The zero-order valence-electron chi connectivity index (χ0n) is 10.6. The first kappa shape index (κ1) is 12.5. The highest BCUT2D eigenvalue weighted by molar-refractivity contribution is 5.07. The molecule has 0 radical (unpaired) electrons. The third-order valence-electron chi connectivity index (χ3n) is 2.97. The monoisotopic (exact) mass is 239 g/mol. The Morgan fingerprint density at radius 3 is 3.06 bits per heavy atom. The number of likely N-dealkylation sites (N-methyl/N-ethyl adjacent to an activating group) is 1. The lowest BCUT2D eigenvalue weighted by Crippen LogP contribution is -2.47. The van der Waals surface area contributed by atoms with Gasteiger partial charge >= 0.3 is 0 Å². The Balaban J connectivity index is 1.95. The number of nitrogens with zero attached hydrogens (tertiary/aromatic N) is 2. The molecule has 17 heavy (non-hydrogen) atoms. The number of hydrogen-bond acceptors (Lipinski definition) is 4. The van der Waals surface area contributed by atoms with Crippen LogP contribution in [0.2, 0.25) is 0 Å². The van der Waals surface area contributed by atoms with Gasteiger partial charge in [0.05, 0.1) is 32.1 Å². The third kappa shape index (κ3) is 3.52. The Kier molecular flexibility index (Phi) is 4.53. The summed E-state index contributed by atoms with van der Waals surface area (Å²) in [6.45, 7) is 5.13. The van der Waals surface area contributed by atoms with Crippen molar-refractivity contribution in [3.05, 3.63) is 18.0 Å². The summed E-state index contributed by atoms with van der Waals surface area (Å²) >= 11 is 0. The quantitative estimate of drug-likeness (QED) is 0.806. The van der Waals surface area contributed by atoms with E-state index in [0.29, 0.717) is 25.9 Å². The van der Waals surface area contributed by atoms with E-state index in [4.69, 9.17) is 9.47 Å². The summed E-state index contributed by atoms with van der Waals surface area (Å²) in [6, 6.07) is 0.296. The minimum Gasteiger partial charge on any atom is -0.376 e. The predicted octanol–water partition coefficient (Wildman–Crippen LogP) is 0.356. The van der Waals surface area contributed by atoms with Crippen LogP contribution in [0, 0.1) is 0 Å². The van der Waals surface area contributed by atoms with Gasteiger partial charge in [-0.15, -0.1) is 0 Å². The molecule has 5 nitrogen and oxygen atoms in total. The highest BCUT2D eigenvalue weighted by Gasteiger charge is 2.24. The summed E-state index contributed by atoms with van der Waals surface area (Å²) in [6.07, 6.45) is 5.03. The Morgan fingerprint density at radius 1 is 1.59 bits per heavy atom. The van der Waals surface area contributed by atoms with E-state index in [0.717, 1.165) is 13.0 Å². The Bertz CT molecular complexity index is 334. The molecule has 0 aromatic carbocycles. The number of aromatic nitrogens is 2. The van der Waals surface area contributed by atoms with Gasteiger partial charge in [0.25, 0.3) is 0 Å². The van der Waals surface area contributed by atoms with E-state index < -0.39 is 0 Å². The first-order valence-corrected chi connectivity index (χ1v) is 6.20. The Hall–Kier alpha value is -0.910. The largest absolute Gasteiger partial charge is 0.376 e. The lowest BCUT2D eigenvalue weighted by atomic mass is 10.0. The molecule has 0 amide bonds. The van der Waals surface area contributed by atoms with E-state index in [2.05, 4.69) is 17.3 Å². The molecule has 1 fully saturated rings. The lowest BCUT2D eigenvalue weighted by molar-refractivity contribution is -0.101. The molecule has 2 heterocycles. The van der Waals surface area contributed by atoms with Gasteiger partial charge in [0.15, 0.2) is 0 Å². The topological polar surface area (TPSA) is 48.3 Å². The van der Waals surface area contributed by atoms with Crippen LogP contribution < -0.4 is 5.32 Å². The summed E-state index contributed by atoms with van der Waals surface area (Å²) in [5.74, 6) is 0. The first-order valence-electron chi connectivity index (χ1n) is 6.20. The Morgan fingerprint density at radius 2 is 2.47 bits per heavy atom. The Labute approximate surface area is 102 Å². The van der Waals surface area contributed by atoms with Crippen LogP contribution >= 0.6 is 0 Å². The van der Waals surface area contributed by atoms with E-state index in [9.17, 15) is 0 Å². The van der Waals surface area contributed by atoms with Crippen LogP contribution in [0.4, 0.5) is 0 Å². The molecule has 0 spiro atoms. The number of nitrogens with one attached hydrogen (secondary N) is 1. The highest BCUT2D eigenvalue weighted by atomic mass is 16.6. The fourth-order valence-corrected chi connectivity index (χ4v) is 2.17. The molecule has 2 rings (SSSR count). The van der Waals surface area contributed by atoms with Crippen LogP contribution in [0.25, 0.3) is 0 Å². The van der Waals surface area contributed by atoms with Crippen LogP contribution in [0.1, 0.15) is 12.5 Å². The van der Waals surface area contributed by atoms with Crippen molar-refractivity contribution in [3.8, 4) is 0 Å². The fraction of sp³-hybridized carbons (Fsp3) is 0.750. The summed E-state index contributed by atoms with van der Waals surface area (Å²) in [7, 11) is 1.94. The molecule has 0 bridgehead atoms. The second-order valence-electron chi connectivity index (χ2n) is 4.37. The molecule has 1 saturated heterocycles. The molecule has 2 unspecified atom stereocenters. The van der Waals surface area contributed by atoms with Gasteiger partial charge in [-0.3, -0.25) is 4.68 Å². The van der Waals surface area contributed by atoms with Crippen molar-refractivity contribution in [1.29, 1.82) is 0 Å². The minimum atomic E-state index is 0.143. The lowest BCUT2D eigenvalue weighted by Gasteiger charge is -2.30. The van der Waals surface area contributed by atoms with Crippen molar-refractivity contribution in [1.82, 2.24) is 15.1 Å². The SMILES string of the molecule is CCNC(Cc1cnn(C)c1)C1COCCO1. The average Bonchev–Trinajstić information content (AvgIpc) is 2.75. The summed E-state index contributed by atoms with van der Waals surface area (Å²) in [5.41, 5.74) is 1.23. The van der Waals surface area contributed by atoms with Crippen molar-refractivity contribution in [2.75, 3.05) is 26.4 Å². The summed E-state index contributed by atoms with van der Waals surface area (Å²) in [5, 5.41) is 7.66. The number of hydrogen-bond donors (Lipinski definition) is 1. The van der Waals surface area contributed by atoms with Gasteiger partial charge in [0.1, 0.15) is 0 Å². The zero-order valence-corrected chi connectivity index (χ0v) is 10.6. The molecule has 1 aromatic rings. The molecule has 0 aliphatic carbocycles. The summed E-state index contributed by atoms with van der Waals surface area (Å²) in [4.78, 5) is 0. The van der Waals surface area contributed by atoms with E-state index in [1.807, 2.05) is 24.1 Å². The molecule has 0 saturated carbocycles. The standard InChI is InChI=1S/C12H21N3O2/c1-3-13-11(12-9-16-4-5-17-12)6-10-7-14-15(2)8-10/h7-8,11-13H,3-6,9H2,1-2H3. The van der Waals surface area contributed by atoms with Crippen LogP contribution in [0.5, 0.6) is 0 Å². The van der Waals surface area contributed by atoms with Gasteiger partial charge in [-0.2, -0.15) is 5.10 Å². The van der Waals surface area contributed by atoms with Crippen LogP contribution in [0.15, 0.2) is 12.4 Å². The van der Waals surface area contributed by atoms with E-state index in [1.165, 1.54) is 5.56 Å². The van der Waals surface area contributed by atoms with Gasteiger partial charge in [-0.25, -0.2) is 0 Å². The molecule has 2 atom stereocenters. The van der Waals surface area contributed by atoms with Crippen LogP contribution in [0.3, 0.4) is 0 Å². The smallest absolute Gasteiger partial charge is 0.0965 e. The maximum absolute atomic E-state index is 5.76. The van der Waals surface area contributed by atoms with Crippen molar-refractivity contribution < 1.29 is 9.47 Å². The second-order valence-corrected chi connectivity index (χ2v) is 4.37. The first-order chi connectivity index (χ1) is 8.29. The van der Waals surface area contributed by atoms with Crippen molar-refractivity contribution in [3.63, 3.8) is 0 Å². The number of aryl methyl sites for hydroxylation is 1. The minimum absolute atomic E-state index is 0.143. The van der Waals surface area contributed by atoms with Gasteiger partial charge in [0, 0.05) is 19.3 Å². The average molecular weight is 239 g/mol. The highest BCUT2D eigenvalue weighted by Crippen LogP contribution is 2.11. The molecule has 5 heteroatoms. The normalized spacial score (nSPS) is 22.6. The second kappa shape index (κ2) is 6.14. The molecule has 1 aliphatic heterocycles. The summed E-state index contributed by atoms with van der Waals surface area (Å²) < 4.78 is 13.1. The maximum Gasteiger partial charge on any atom is 0.0965 e. The number of ether oxygens (including phenoxy) is 2. The van der Waals surface area contributed by atoms with Gasteiger partial charge in [0.2, 0.25) is 0 Å². The molecular formula is C12H21N3O2. The van der Waals surface area contributed by atoms with E-state index in [-0.39, 0.29) is 6.10 Å². The third-order valence-corrected chi connectivity index (χ3v) is 2.97. The van der Waals surface area contributed by atoms with Crippen LogP contribution in [-0.2, 0) is 22.9 Å². The van der Waals surface area contributed by atoms with Gasteiger partial charge in [-0.1, -0.05) is 6.92 Å². The molecule has 1 aliphatic rings. The molecule has 96 valence electrons. The molecular weight excluding hydrogens is 218 g/mol. The maximum atomic E-state index is 5.76. The molecule has 1 aromatic heterocycles. The number of rotatable bonds is 5. The van der Waals surface area contributed by atoms with Crippen molar-refractivity contribution in [2.24, 2.45) is 7.05 Å². The van der Waals surface area contributed by atoms with E-state index >= 15 is 0 Å². The van der Waals surface area contributed by atoms with Gasteiger partial charge in [-0.05, 0) is 18.5 Å². The van der Waals surface area contributed by atoms with Crippen LogP contribution in [-0.4, -0.2) is 48.3 Å². The van der Waals surface area contributed by atoms with Crippen molar-refractivity contribution in [2.45, 2.75) is 25.5 Å². The predicted molar refractivity (Wildman–Crippen MR) is 64.9 cm³/mol. The molecule has 1 N–H and O–H groups in total. The van der Waals surface area contributed by atoms with E-state index in [1.54, 1.807) is 0 Å². The fourth-order valence-electron chi connectivity index (χ4n) is 2.17. The zero-order chi connectivity index (χ0) is 12.1. The van der Waals surface area contributed by atoms with Gasteiger partial charge < -0.3 is 14.8 Å².